The molecule has 5 heteroatoms. The van der Waals surface area contributed by atoms with Gasteiger partial charge in [0, 0.05) is 18.3 Å². The molecule has 0 atom stereocenters. The molecule has 124 valence electrons. The lowest BCUT2D eigenvalue weighted by Crippen LogP contribution is -2.08. The lowest BCUT2D eigenvalue weighted by Gasteiger charge is -2.11. The first-order chi connectivity index (χ1) is 11.1. The van der Waals surface area contributed by atoms with E-state index in [1.54, 1.807) is 0 Å². The Hall–Kier alpha value is -2.30. The van der Waals surface area contributed by atoms with Gasteiger partial charge in [-0.3, -0.25) is 0 Å². The molecule has 0 radical (unpaired) electrons. The van der Waals surface area contributed by atoms with Crippen LogP contribution < -0.4 is 15.4 Å². The number of nitrogens with zero attached hydrogens (tertiary/aromatic N) is 2. The molecule has 0 aliphatic rings. The average molecular weight is 314 g/mol. The molecule has 5 nitrogen and oxygen atoms in total. The van der Waals surface area contributed by atoms with Crippen LogP contribution in [0, 0.1) is 12.8 Å². The molecule has 1 heterocycles. The van der Waals surface area contributed by atoms with E-state index in [4.69, 9.17) is 4.74 Å². The van der Waals surface area contributed by atoms with Crippen molar-refractivity contribution in [3.05, 3.63) is 36.2 Å². The van der Waals surface area contributed by atoms with Gasteiger partial charge >= 0.3 is 0 Å². The third kappa shape index (κ3) is 5.77. The molecular weight excluding hydrogens is 288 g/mol. The van der Waals surface area contributed by atoms with Crippen LogP contribution in [0.25, 0.3) is 0 Å². The van der Waals surface area contributed by atoms with Crippen molar-refractivity contribution < 1.29 is 4.74 Å². The minimum atomic E-state index is 0.670. The smallest absolute Gasteiger partial charge is 0.136 e. The number of benzene rings is 1. The molecule has 2 rings (SSSR count). The summed E-state index contributed by atoms with van der Waals surface area (Å²) in [6, 6.07) is 9.79. The lowest BCUT2D eigenvalue weighted by atomic mass is 10.1. The highest BCUT2D eigenvalue weighted by Gasteiger charge is 2.03. The Morgan fingerprint density at radius 1 is 1.09 bits per heavy atom. The Morgan fingerprint density at radius 2 is 1.78 bits per heavy atom. The summed E-state index contributed by atoms with van der Waals surface area (Å²) in [5.74, 6) is 3.92. The normalized spacial score (nSPS) is 10.7. The summed E-state index contributed by atoms with van der Waals surface area (Å²) in [6.07, 6.45) is 1.12. The van der Waals surface area contributed by atoms with E-state index >= 15 is 0 Å². The van der Waals surface area contributed by atoms with Gasteiger partial charge in [-0.05, 0) is 50.5 Å². The highest BCUT2D eigenvalue weighted by Crippen LogP contribution is 2.20. The first-order valence-electron chi connectivity index (χ1n) is 8.16. The van der Waals surface area contributed by atoms with Crippen molar-refractivity contribution in [2.45, 2.75) is 34.1 Å². The maximum absolute atomic E-state index is 5.45. The number of nitrogens with one attached hydrogen (secondary N) is 2. The zero-order valence-electron chi connectivity index (χ0n) is 14.4. The average Bonchev–Trinajstić information content (AvgIpc) is 2.48. The second kappa shape index (κ2) is 8.36. The van der Waals surface area contributed by atoms with Crippen LogP contribution in [0.3, 0.4) is 0 Å². The van der Waals surface area contributed by atoms with E-state index < -0.39 is 0 Å². The monoisotopic (exact) mass is 314 g/mol. The minimum Gasteiger partial charge on any atom is -0.494 e. The maximum Gasteiger partial charge on any atom is 0.136 e. The van der Waals surface area contributed by atoms with Gasteiger partial charge in [-0.1, -0.05) is 13.8 Å². The lowest BCUT2D eigenvalue weighted by molar-refractivity contribution is 0.340. The first-order valence-corrected chi connectivity index (χ1v) is 8.16. The van der Waals surface area contributed by atoms with Gasteiger partial charge in [-0.2, -0.15) is 0 Å². The Balaban J connectivity index is 2.02. The zero-order valence-corrected chi connectivity index (χ0v) is 14.4. The van der Waals surface area contributed by atoms with Crippen LogP contribution in [-0.4, -0.2) is 23.1 Å². The third-order valence-electron chi connectivity index (χ3n) is 3.30. The van der Waals surface area contributed by atoms with Crippen LogP contribution in [0.1, 0.15) is 33.0 Å². The molecule has 2 N–H and O–H groups in total. The number of hydrogen-bond donors (Lipinski definition) is 2. The molecule has 0 aliphatic heterocycles. The fraction of sp³-hybridized carbons (Fsp3) is 0.444. The fourth-order valence-corrected chi connectivity index (χ4v) is 2.16. The van der Waals surface area contributed by atoms with Gasteiger partial charge in [0.15, 0.2) is 0 Å². The van der Waals surface area contributed by atoms with E-state index in [2.05, 4.69) is 34.4 Å². The van der Waals surface area contributed by atoms with E-state index in [-0.39, 0.29) is 0 Å². The van der Waals surface area contributed by atoms with Crippen LogP contribution in [0.4, 0.5) is 17.3 Å². The second-order valence-electron chi connectivity index (χ2n) is 5.88. The van der Waals surface area contributed by atoms with Crippen LogP contribution in [0.5, 0.6) is 5.75 Å². The summed E-state index contributed by atoms with van der Waals surface area (Å²) in [5.41, 5.74) is 0.972. The van der Waals surface area contributed by atoms with Crippen molar-refractivity contribution in [2.75, 3.05) is 23.8 Å². The number of aryl methyl sites for hydroxylation is 1. The van der Waals surface area contributed by atoms with Crippen LogP contribution in [0.2, 0.25) is 0 Å². The molecule has 2 aromatic rings. The molecule has 1 aromatic carbocycles. The van der Waals surface area contributed by atoms with Crippen LogP contribution in [-0.2, 0) is 0 Å². The molecule has 0 bridgehead atoms. The van der Waals surface area contributed by atoms with Crippen molar-refractivity contribution >= 4 is 17.3 Å². The van der Waals surface area contributed by atoms with Gasteiger partial charge in [0.2, 0.25) is 0 Å². The van der Waals surface area contributed by atoms with Gasteiger partial charge in [0.05, 0.1) is 6.61 Å². The summed E-state index contributed by atoms with van der Waals surface area (Å²) in [7, 11) is 0. The van der Waals surface area contributed by atoms with Crippen LogP contribution >= 0.6 is 0 Å². The Bertz CT molecular complexity index is 611. The van der Waals surface area contributed by atoms with Crippen molar-refractivity contribution in [1.29, 1.82) is 0 Å². The molecule has 0 spiro atoms. The highest BCUT2D eigenvalue weighted by atomic mass is 16.5. The zero-order chi connectivity index (χ0) is 16.7. The second-order valence-corrected chi connectivity index (χ2v) is 5.88. The molecule has 0 saturated heterocycles. The largest absolute Gasteiger partial charge is 0.494 e. The number of aromatic nitrogens is 2. The van der Waals surface area contributed by atoms with Crippen molar-refractivity contribution in [3.8, 4) is 5.75 Å². The van der Waals surface area contributed by atoms with E-state index in [9.17, 15) is 0 Å². The van der Waals surface area contributed by atoms with E-state index in [0.29, 0.717) is 12.5 Å². The topological polar surface area (TPSA) is 59.1 Å². The Labute approximate surface area is 138 Å². The molecule has 0 aliphatic carbocycles. The van der Waals surface area contributed by atoms with Gasteiger partial charge in [-0.15, -0.1) is 0 Å². The summed E-state index contributed by atoms with van der Waals surface area (Å²) in [5, 5.41) is 6.66. The Kier molecular flexibility index (Phi) is 6.20. The number of ether oxygens (including phenoxy) is 1. The van der Waals surface area contributed by atoms with Gasteiger partial charge in [-0.25, -0.2) is 9.97 Å². The summed E-state index contributed by atoms with van der Waals surface area (Å²) in [6.45, 7) is 9.89. The van der Waals surface area contributed by atoms with Gasteiger partial charge in [0.1, 0.15) is 23.2 Å². The third-order valence-corrected chi connectivity index (χ3v) is 3.30. The van der Waals surface area contributed by atoms with E-state index in [0.717, 1.165) is 41.9 Å². The maximum atomic E-state index is 5.45. The summed E-state index contributed by atoms with van der Waals surface area (Å²) < 4.78 is 5.45. The molecular formula is C18H26N4O. The van der Waals surface area contributed by atoms with Crippen molar-refractivity contribution in [1.82, 2.24) is 9.97 Å². The molecule has 0 saturated carbocycles. The molecule has 0 fully saturated rings. The minimum absolute atomic E-state index is 0.670. The van der Waals surface area contributed by atoms with Crippen LogP contribution in [0.15, 0.2) is 30.3 Å². The van der Waals surface area contributed by atoms with E-state index in [1.165, 1.54) is 0 Å². The summed E-state index contributed by atoms with van der Waals surface area (Å²) >= 11 is 0. The summed E-state index contributed by atoms with van der Waals surface area (Å²) in [4.78, 5) is 8.87. The standard InChI is InChI=1S/C18H26N4O/c1-5-23-16-8-6-15(7-9-16)22-18-12-17(20-14(4)21-18)19-11-10-13(2)3/h6-9,12-13H,5,10-11H2,1-4H3,(H2,19,20,21,22). The Morgan fingerprint density at radius 3 is 2.43 bits per heavy atom. The van der Waals surface area contributed by atoms with Gasteiger partial charge < -0.3 is 15.4 Å². The SMILES string of the molecule is CCOc1ccc(Nc2cc(NCCC(C)C)nc(C)n2)cc1. The molecule has 1 aromatic heterocycles. The van der Waals surface area contributed by atoms with Crippen molar-refractivity contribution in [2.24, 2.45) is 5.92 Å². The van der Waals surface area contributed by atoms with E-state index in [1.807, 2.05) is 44.2 Å². The number of anilines is 3. The number of hydrogen-bond acceptors (Lipinski definition) is 5. The quantitative estimate of drug-likeness (QED) is 0.757. The molecule has 0 unspecified atom stereocenters. The van der Waals surface area contributed by atoms with Gasteiger partial charge in [0.25, 0.3) is 0 Å². The fourth-order valence-electron chi connectivity index (χ4n) is 2.16. The number of rotatable bonds is 8. The predicted molar refractivity (Wildman–Crippen MR) is 95.6 cm³/mol. The highest BCUT2D eigenvalue weighted by molar-refractivity contribution is 5.59. The molecule has 23 heavy (non-hydrogen) atoms. The first kappa shape index (κ1) is 17.1. The molecule has 0 amide bonds. The predicted octanol–water partition coefficient (Wildman–Crippen LogP) is 4.39. The van der Waals surface area contributed by atoms with Crippen molar-refractivity contribution in [3.63, 3.8) is 0 Å².